The summed E-state index contributed by atoms with van der Waals surface area (Å²) < 4.78 is 5.54. The molecule has 0 aliphatic carbocycles. The Kier molecular flexibility index (Phi) is 9.76. The van der Waals surface area contributed by atoms with E-state index >= 15 is 0 Å². The van der Waals surface area contributed by atoms with Crippen molar-refractivity contribution in [3.63, 3.8) is 0 Å². The van der Waals surface area contributed by atoms with Crippen LogP contribution in [-0.2, 0) is 9.53 Å². The van der Waals surface area contributed by atoms with Crippen LogP contribution in [0.15, 0.2) is 37.5 Å². The Morgan fingerprint density at radius 2 is 2.00 bits per heavy atom. The van der Waals surface area contributed by atoms with E-state index in [1.807, 2.05) is 19.0 Å². The van der Waals surface area contributed by atoms with Crippen molar-refractivity contribution in [1.29, 1.82) is 0 Å². The number of aromatic nitrogens is 2. The van der Waals surface area contributed by atoms with Crippen LogP contribution in [0.5, 0.6) is 0 Å². The topological polar surface area (TPSA) is 98.9 Å². The van der Waals surface area contributed by atoms with E-state index in [2.05, 4.69) is 55.9 Å². The van der Waals surface area contributed by atoms with E-state index in [-0.39, 0.29) is 0 Å². The predicted molar refractivity (Wildman–Crippen MR) is 145 cm³/mol. The monoisotopic (exact) mass is 496 g/mol. The fourth-order valence-electron chi connectivity index (χ4n) is 3.53. The Labute approximate surface area is 210 Å². The number of carbonyl (C=O) groups is 1. The lowest BCUT2D eigenvalue weighted by Gasteiger charge is -2.31. The third kappa shape index (κ3) is 6.87. The third-order valence-corrected chi connectivity index (χ3v) is 6.39. The quantitative estimate of drug-likeness (QED) is 0.253. The summed E-state index contributed by atoms with van der Waals surface area (Å²) >= 11 is 1.64. The molecule has 0 unspecified atom stereocenters. The van der Waals surface area contributed by atoms with Gasteiger partial charge in [0.1, 0.15) is 5.69 Å². The molecule has 1 saturated heterocycles. The van der Waals surface area contributed by atoms with Crippen molar-refractivity contribution in [2.45, 2.75) is 6.92 Å². The van der Waals surface area contributed by atoms with Gasteiger partial charge in [-0.1, -0.05) is 0 Å². The van der Waals surface area contributed by atoms with Crippen molar-refractivity contribution < 1.29 is 9.53 Å². The second-order valence-corrected chi connectivity index (χ2v) is 8.90. The highest BCUT2D eigenvalue weighted by Crippen LogP contribution is 2.38. The summed E-state index contributed by atoms with van der Waals surface area (Å²) in [7, 11) is 3.96. The van der Waals surface area contributed by atoms with Gasteiger partial charge in [-0.15, -0.1) is 0 Å². The van der Waals surface area contributed by atoms with Crippen LogP contribution in [0.1, 0.15) is 5.56 Å². The molecule has 0 radical (unpaired) electrons. The molecule has 0 atom stereocenters. The molecule has 1 aliphatic heterocycles. The van der Waals surface area contributed by atoms with Crippen LogP contribution in [0, 0.1) is 6.92 Å². The lowest BCUT2D eigenvalue weighted by atomic mass is 10.2. The molecule has 3 rings (SSSR count). The zero-order valence-corrected chi connectivity index (χ0v) is 21.4. The second kappa shape index (κ2) is 13.0. The Hall–Kier alpha value is -3.28. The SMILES string of the molecule is C=N/C=C(C=O)\C=N/CN(C)CCN(C)c1nc(-c2cscc2C)nc(N2CCOCC2)c1N=C. The molecule has 2 aromatic rings. The standard InChI is InChI=1S/C24H32N8O2S/c1-18-15-35-16-20(18)22-28-23(21(26-3)24(29-22)32-8-10-34-11-9-32)31(5)7-6-30(4)17-27-13-19(14-33)12-25-2/h12-16H,2-3,6-11,17H2,1,4-5H3/b19-12+,27-13-. The van der Waals surface area contributed by atoms with Gasteiger partial charge < -0.3 is 14.5 Å². The van der Waals surface area contributed by atoms with Gasteiger partial charge in [-0.3, -0.25) is 24.7 Å². The maximum absolute atomic E-state index is 11.0. The number of allylic oxidation sites excluding steroid dienone is 1. The van der Waals surface area contributed by atoms with Crippen molar-refractivity contribution in [3.8, 4) is 11.4 Å². The van der Waals surface area contributed by atoms with E-state index in [9.17, 15) is 4.79 Å². The first-order valence-corrected chi connectivity index (χ1v) is 12.2. The third-order valence-electron chi connectivity index (χ3n) is 5.53. The molecule has 0 aromatic carbocycles. The van der Waals surface area contributed by atoms with Gasteiger partial charge in [0, 0.05) is 56.6 Å². The first kappa shape index (κ1) is 26.3. The number of hydrogen-bond acceptors (Lipinski definition) is 11. The minimum absolute atomic E-state index is 0.375. The first-order valence-electron chi connectivity index (χ1n) is 11.2. The Balaban J connectivity index is 1.82. The predicted octanol–water partition coefficient (Wildman–Crippen LogP) is 2.86. The second-order valence-electron chi connectivity index (χ2n) is 8.15. The number of aldehydes is 1. The molecule has 1 fully saturated rings. The molecule has 0 N–H and O–H groups in total. The molecule has 1 aliphatic rings. The molecular formula is C24H32N8O2S. The molecule has 3 heterocycles. The smallest absolute Gasteiger partial charge is 0.165 e. The van der Waals surface area contributed by atoms with E-state index in [1.54, 1.807) is 11.3 Å². The molecule has 0 spiro atoms. The van der Waals surface area contributed by atoms with Crippen molar-refractivity contribution >= 4 is 54.6 Å². The first-order chi connectivity index (χ1) is 17.0. The Morgan fingerprint density at radius 3 is 2.63 bits per heavy atom. The zero-order chi connectivity index (χ0) is 25.2. The van der Waals surface area contributed by atoms with E-state index in [0.717, 1.165) is 35.9 Å². The van der Waals surface area contributed by atoms with E-state index in [1.165, 1.54) is 12.4 Å². The number of carbonyl (C=O) groups excluding carboxylic acids is 1. The summed E-state index contributed by atoms with van der Waals surface area (Å²) in [6.07, 6.45) is 3.57. The van der Waals surface area contributed by atoms with E-state index in [0.29, 0.717) is 56.3 Å². The number of hydrogen-bond donors (Lipinski definition) is 0. The molecule has 2 aromatic heterocycles. The Morgan fingerprint density at radius 1 is 1.23 bits per heavy atom. The van der Waals surface area contributed by atoms with E-state index < -0.39 is 0 Å². The van der Waals surface area contributed by atoms with Gasteiger partial charge in [-0.05, 0) is 38.3 Å². The van der Waals surface area contributed by atoms with Gasteiger partial charge in [0.05, 0.1) is 25.5 Å². The molecule has 10 nitrogen and oxygen atoms in total. The number of rotatable bonds is 12. The fraction of sp³-hybridized carbons (Fsp3) is 0.417. The van der Waals surface area contributed by atoms with Crippen molar-refractivity contribution in [1.82, 2.24) is 14.9 Å². The summed E-state index contributed by atoms with van der Waals surface area (Å²) in [4.78, 5) is 39.4. The number of thiophene rings is 1. The normalized spacial score (nSPS) is 14.5. The molecule has 35 heavy (non-hydrogen) atoms. The van der Waals surface area contributed by atoms with Crippen LogP contribution < -0.4 is 9.80 Å². The minimum Gasteiger partial charge on any atom is -0.378 e. The number of aryl methyl sites for hydroxylation is 1. The van der Waals surface area contributed by atoms with E-state index in [4.69, 9.17) is 14.7 Å². The van der Waals surface area contributed by atoms with Crippen LogP contribution >= 0.6 is 11.3 Å². The van der Waals surface area contributed by atoms with Gasteiger partial charge in [0.15, 0.2) is 23.7 Å². The van der Waals surface area contributed by atoms with Crippen molar-refractivity contribution in [2.24, 2.45) is 15.0 Å². The number of aliphatic imine (C=N–C) groups is 3. The van der Waals surface area contributed by atoms with Crippen molar-refractivity contribution in [2.75, 3.05) is 70.0 Å². The lowest BCUT2D eigenvalue weighted by molar-refractivity contribution is -0.104. The summed E-state index contributed by atoms with van der Waals surface area (Å²) in [5.41, 5.74) is 3.21. The summed E-state index contributed by atoms with van der Waals surface area (Å²) in [5.74, 6) is 2.20. The highest BCUT2D eigenvalue weighted by atomic mass is 32.1. The largest absolute Gasteiger partial charge is 0.378 e. The van der Waals surface area contributed by atoms with Gasteiger partial charge in [-0.2, -0.15) is 11.3 Å². The minimum atomic E-state index is 0.375. The van der Waals surface area contributed by atoms with Crippen LogP contribution in [0.3, 0.4) is 0 Å². The van der Waals surface area contributed by atoms with Gasteiger partial charge in [-0.25, -0.2) is 9.97 Å². The van der Waals surface area contributed by atoms with Crippen LogP contribution in [0.25, 0.3) is 11.4 Å². The van der Waals surface area contributed by atoms with Crippen LogP contribution in [0.2, 0.25) is 0 Å². The lowest BCUT2D eigenvalue weighted by Crippen LogP contribution is -2.37. The number of nitrogens with zero attached hydrogens (tertiary/aromatic N) is 8. The molecular weight excluding hydrogens is 464 g/mol. The molecule has 186 valence electrons. The van der Waals surface area contributed by atoms with Gasteiger partial charge >= 0.3 is 0 Å². The van der Waals surface area contributed by atoms with Crippen molar-refractivity contribution in [3.05, 3.63) is 28.1 Å². The zero-order valence-electron chi connectivity index (χ0n) is 20.6. The highest BCUT2D eigenvalue weighted by molar-refractivity contribution is 7.08. The highest BCUT2D eigenvalue weighted by Gasteiger charge is 2.24. The maximum atomic E-state index is 11.0. The fourth-order valence-corrected chi connectivity index (χ4v) is 4.35. The number of likely N-dealkylation sites (N-methyl/N-ethyl adjacent to an activating group) is 2. The summed E-state index contributed by atoms with van der Waals surface area (Å²) in [5, 5.41) is 4.18. The number of ether oxygens (including phenoxy) is 1. The summed E-state index contributed by atoms with van der Waals surface area (Å²) in [6.45, 7) is 13.9. The average Bonchev–Trinajstić information content (AvgIpc) is 3.32. The van der Waals surface area contributed by atoms with Gasteiger partial charge in [0.2, 0.25) is 0 Å². The average molecular weight is 497 g/mol. The molecule has 0 saturated carbocycles. The maximum Gasteiger partial charge on any atom is 0.165 e. The van der Waals surface area contributed by atoms with Crippen LogP contribution in [0.4, 0.5) is 17.3 Å². The molecule has 11 heteroatoms. The molecule has 0 bridgehead atoms. The number of anilines is 2. The molecule has 0 amide bonds. The van der Waals surface area contributed by atoms with Crippen LogP contribution in [-0.4, -0.2) is 101 Å². The number of morpholine rings is 1. The Bertz CT molecular complexity index is 1090. The summed E-state index contributed by atoms with van der Waals surface area (Å²) in [6, 6.07) is 0. The van der Waals surface area contributed by atoms with Gasteiger partial charge in [0.25, 0.3) is 0 Å².